The molecule has 4 aliphatic carbocycles. The Hall–Kier alpha value is -1.16. The number of aliphatic hydroxyl groups excluding tert-OH is 8. The largest absolute Gasteiger partial charge is 0.388 e. The fourth-order valence-electron chi connectivity index (χ4n) is 14.5. The highest BCUT2D eigenvalue weighted by Crippen LogP contribution is 2.74. The fourth-order valence-corrected chi connectivity index (χ4v) is 14.5. The Bertz CT molecular complexity index is 1740. The Morgan fingerprint density at radius 2 is 1.34 bits per heavy atom. The number of methoxy groups -OCH3 is 1. The van der Waals surface area contributed by atoms with E-state index in [1.807, 2.05) is 0 Å². The van der Waals surface area contributed by atoms with Crippen LogP contribution >= 0.6 is 0 Å². The Balaban J connectivity index is 1.03. The second-order valence-corrected chi connectivity index (χ2v) is 22.7. The summed E-state index contributed by atoms with van der Waals surface area (Å²) in [5.41, 5.74) is 2.54. The lowest BCUT2D eigenvalue weighted by Crippen LogP contribution is -2.65. The van der Waals surface area contributed by atoms with Crippen molar-refractivity contribution in [3.63, 3.8) is 0 Å². The first-order valence-corrected chi connectivity index (χ1v) is 24.4. The first kappa shape index (κ1) is 50.2. The van der Waals surface area contributed by atoms with Crippen LogP contribution in [0.3, 0.4) is 0 Å². The molecule has 16 nitrogen and oxygen atoms in total. The van der Waals surface area contributed by atoms with Gasteiger partial charge in [0.25, 0.3) is 0 Å². The summed E-state index contributed by atoms with van der Waals surface area (Å²) < 4.78 is 49.3. The minimum atomic E-state index is -1.70. The first-order chi connectivity index (χ1) is 30.5. The number of hydrogen-bond donors (Lipinski definition) is 8. The van der Waals surface area contributed by atoms with Crippen molar-refractivity contribution >= 4 is 0 Å². The molecule has 4 saturated heterocycles. The molecule has 372 valence electrons. The van der Waals surface area contributed by atoms with Crippen LogP contribution in [0, 0.1) is 45.3 Å². The summed E-state index contributed by atoms with van der Waals surface area (Å²) in [7, 11) is 1.78. The second-order valence-electron chi connectivity index (χ2n) is 22.7. The standard InChI is InChI=1S/C49H80O16/c1-22(2)19-25-20-26(42(58-10)62-25)27-13-17-49(9)29-11-12-31-46(5,6)32(15-16-47(31,7)28(29)14-18-48(27,49)8)64-45-41(65-44-40(57)37(54)34(51)24(4)61-44)38(55)35(52)30(63-45)21-59-43-39(56)36(53)33(50)23(3)60-43/h11,19,23-28,30-45,50-57H,12-18,20-21H2,1-10H3/t23-,24-,25-,26-,27-,28-,30+,31-,32-,33-,34-,35+,36+,37+,38-,39+,40+,41+,42-,43+,44-,45-,47+,48-,49+/m0/s1. The van der Waals surface area contributed by atoms with Crippen LogP contribution in [-0.2, 0) is 37.9 Å². The first-order valence-electron chi connectivity index (χ1n) is 24.4. The van der Waals surface area contributed by atoms with Crippen molar-refractivity contribution in [2.45, 2.75) is 224 Å². The molecule has 8 N–H and O–H groups in total. The molecule has 3 saturated carbocycles. The zero-order valence-corrected chi connectivity index (χ0v) is 40.1. The van der Waals surface area contributed by atoms with Crippen LogP contribution in [0.2, 0.25) is 0 Å². The highest BCUT2D eigenvalue weighted by atomic mass is 16.8. The lowest BCUT2D eigenvalue weighted by molar-refractivity contribution is -0.379. The molecule has 8 rings (SSSR count). The number of rotatable bonds is 10. The van der Waals surface area contributed by atoms with Gasteiger partial charge in [-0.25, -0.2) is 0 Å². The molecule has 4 aliphatic heterocycles. The SMILES string of the molecule is CO[C@H]1O[C@@H](C=C(C)C)C[C@H]1[C@@H]1CC[C@]2(C)C3=CC[C@H]4C(C)(C)[C@@H](O[C@@H]5O[C@H](CO[C@@H]6O[C@@H](C)[C@H](O)[C@@H](O)[C@H]6O)[C@@H](O)[C@H](O)[C@H]5O[C@@H]5O[C@@H](C)[C@H](O)[C@@H](O)[C@H]5O)CC[C@]4(C)[C@H]3CC[C@@]12C. The lowest BCUT2D eigenvalue weighted by atomic mass is 9.41. The van der Waals surface area contributed by atoms with Gasteiger partial charge < -0.3 is 78.7 Å². The predicted molar refractivity (Wildman–Crippen MR) is 233 cm³/mol. The van der Waals surface area contributed by atoms with E-state index >= 15 is 0 Å². The molecule has 0 amide bonds. The Morgan fingerprint density at radius 1 is 0.692 bits per heavy atom. The zero-order valence-electron chi connectivity index (χ0n) is 40.1. The predicted octanol–water partition coefficient (Wildman–Crippen LogP) is 2.82. The maximum absolute atomic E-state index is 11.8. The molecule has 0 aromatic carbocycles. The highest BCUT2D eigenvalue weighted by Gasteiger charge is 2.67. The second kappa shape index (κ2) is 18.5. The van der Waals surface area contributed by atoms with Crippen molar-refractivity contribution < 1.29 is 78.7 Å². The van der Waals surface area contributed by atoms with Gasteiger partial charge in [0.1, 0.15) is 61.0 Å². The molecule has 7 fully saturated rings. The van der Waals surface area contributed by atoms with Crippen LogP contribution in [0.1, 0.15) is 114 Å². The van der Waals surface area contributed by atoms with Crippen LogP contribution < -0.4 is 0 Å². The number of ether oxygens (including phenoxy) is 8. The molecule has 16 heteroatoms. The normalized spacial score (nSPS) is 54.3. The average molecular weight is 925 g/mol. The number of hydrogen-bond acceptors (Lipinski definition) is 16. The van der Waals surface area contributed by atoms with Crippen LogP contribution in [0.4, 0.5) is 0 Å². The minimum absolute atomic E-state index is 0.0331. The summed E-state index contributed by atoms with van der Waals surface area (Å²) >= 11 is 0. The molecule has 0 bridgehead atoms. The van der Waals surface area contributed by atoms with Crippen molar-refractivity contribution in [2.75, 3.05) is 13.7 Å². The summed E-state index contributed by atoms with van der Waals surface area (Å²) in [6.45, 7) is 18.9. The summed E-state index contributed by atoms with van der Waals surface area (Å²) in [5.74, 6) is 1.42. The third-order valence-electron chi connectivity index (χ3n) is 18.5. The van der Waals surface area contributed by atoms with Crippen LogP contribution in [0.25, 0.3) is 0 Å². The van der Waals surface area contributed by atoms with Crippen molar-refractivity contribution in [3.05, 3.63) is 23.3 Å². The van der Waals surface area contributed by atoms with E-state index < -0.39 is 110 Å². The average Bonchev–Trinajstić information content (AvgIpc) is 3.78. The minimum Gasteiger partial charge on any atom is -0.388 e. The van der Waals surface area contributed by atoms with Gasteiger partial charge in [0.15, 0.2) is 25.2 Å². The monoisotopic (exact) mass is 925 g/mol. The van der Waals surface area contributed by atoms with E-state index in [1.54, 1.807) is 12.7 Å². The van der Waals surface area contributed by atoms with Gasteiger partial charge in [0.05, 0.1) is 31.0 Å². The number of fused-ring (bicyclic) bond motifs is 5. The Morgan fingerprint density at radius 3 is 1.98 bits per heavy atom. The molecular formula is C49H80O16. The summed E-state index contributed by atoms with van der Waals surface area (Å²) in [4.78, 5) is 0. The number of allylic oxidation sites excluding steroid dienone is 3. The summed E-state index contributed by atoms with van der Waals surface area (Å²) in [6, 6.07) is 0. The van der Waals surface area contributed by atoms with Crippen LogP contribution in [0.15, 0.2) is 23.3 Å². The van der Waals surface area contributed by atoms with Crippen molar-refractivity contribution in [2.24, 2.45) is 45.3 Å². The van der Waals surface area contributed by atoms with Gasteiger partial charge >= 0.3 is 0 Å². The molecule has 65 heavy (non-hydrogen) atoms. The highest BCUT2D eigenvalue weighted by molar-refractivity contribution is 5.33. The molecule has 0 aromatic heterocycles. The quantitative estimate of drug-likeness (QED) is 0.147. The van der Waals surface area contributed by atoms with Gasteiger partial charge in [0.2, 0.25) is 0 Å². The van der Waals surface area contributed by atoms with Gasteiger partial charge in [-0.05, 0) is 118 Å². The maximum Gasteiger partial charge on any atom is 0.187 e. The van der Waals surface area contributed by atoms with Crippen molar-refractivity contribution in [1.82, 2.24) is 0 Å². The maximum atomic E-state index is 11.8. The molecule has 25 atom stereocenters. The third-order valence-corrected chi connectivity index (χ3v) is 18.5. The Kier molecular flexibility index (Phi) is 14.3. The van der Waals surface area contributed by atoms with E-state index in [0.717, 1.165) is 44.9 Å². The molecular weight excluding hydrogens is 845 g/mol. The van der Waals surface area contributed by atoms with Gasteiger partial charge in [-0.3, -0.25) is 0 Å². The van der Waals surface area contributed by atoms with E-state index in [2.05, 4.69) is 60.6 Å². The molecule has 0 aromatic rings. The van der Waals surface area contributed by atoms with E-state index in [4.69, 9.17) is 37.9 Å². The van der Waals surface area contributed by atoms with Gasteiger partial charge in [-0.15, -0.1) is 0 Å². The number of aliphatic hydroxyl groups is 8. The molecule has 8 aliphatic rings. The lowest BCUT2D eigenvalue weighted by Gasteiger charge is -2.65. The van der Waals surface area contributed by atoms with Crippen LogP contribution in [0.5, 0.6) is 0 Å². The molecule has 4 heterocycles. The third kappa shape index (κ3) is 8.46. The van der Waals surface area contributed by atoms with E-state index in [1.165, 1.54) is 19.4 Å². The fraction of sp³-hybridized carbons (Fsp3) is 0.918. The molecule has 0 unspecified atom stereocenters. The van der Waals surface area contributed by atoms with Gasteiger partial charge in [-0.2, -0.15) is 0 Å². The van der Waals surface area contributed by atoms with E-state index in [9.17, 15) is 40.9 Å². The van der Waals surface area contributed by atoms with Crippen molar-refractivity contribution in [1.29, 1.82) is 0 Å². The Labute approximate surface area is 384 Å². The molecule has 0 spiro atoms. The topological polar surface area (TPSA) is 236 Å². The van der Waals surface area contributed by atoms with Gasteiger partial charge in [-0.1, -0.05) is 57.9 Å². The smallest absolute Gasteiger partial charge is 0.187 e. The van der Waals surface area contributed by atoms with Gasteiger partial charge in [0, 0.05) is 13.0 Å². The summed E-state index contributed by atoms with van der Waals surface area (Å²) in [5, 5.41) is 86.4. The van der Waals surface area contributed by atoms with E-state index in [-0.39, 0.29) is 34.6 Å². The van der Waals surface area contributed by atoms with Crippen LogP contribution in [-0.4, -0.2) is 165 Å². The molecule has 0 radical (unpaired) electrons. The van der Waals surface area contributed by atoms with E-state index in [0.29, 0.717) is 24.2 Å². The van der Waals surface area contributed by atoms with Crippen molar-refractivity contribution in [3.8, 4) is 0 Å². The summed E-state index contributed by atoms with van der Waals surface area (Å²) in [6.07, 6.45) is -9.11. The zero-order chi connectivity index (χ0) is 47.3.